The first-order valence-electron chi connectivity index (χ1n) is 5.40. The van der Waals surface area contributed by atoms with E-state index in [0.717, 1.165) is 6.20 Å². The van der Waals surface area contributed by atoms with Crippen LogP contribution in [-0.4, -0.2) is 33.6 Å². The lowest BCUT2D eigenvalue weighted by atomic mass is 10.1. The first kappa shape index (κ1) is 14.6. The minimum Gasteiger partial charge on any atom is -0.374 e. The number of nitro groups is 1. The van der Waals surface area contributed by atoms with E-state index in [1.807, 2.05) is 20.8 Å². The van der Waals surface area contributed by atoms with Crippen LogP contribution in [0.4, 0.5) is 11.5 Å². The molecule has 18 heavy (non-hydrogen) atoms. The largest absolute Gasteiger partial charge is 0.374 e. The number of aromatic nitrogens is 2. The Bertz CT molecular complexity index is 439. The summed E-state index contributed by atoms with van der Waals surface area (Å²) in [7, 11) is 0. The topological polar surface area (TPSA) is 90.2 Å². The monoisotopic (exact) mass is 274 g/mol. The smallest absolute Gasteiger partial charge is 0.329 e. The summed E-state index contributed by atoms with van der Waals surface area (Å²) in [5.41, 5.74) is -0.674. The number of anilines is 1. The third kappa shape index (κ3) is 4.08. The van der Waals surface area contributed by atoms with Crippen molar-refractivity contribution in [2.24, 2.45) is 0 Å². The molecule has 7 nitrogen and oxygen atoms in total. The molecule has 0 fully saturated rings. The zero-order valence-electron chi connectivity index (χ0n) is 10.4. The summed E-state index contributed by atoms with van der Waals surface area (Å²) in [6.07, 6.45) is 1.07. The van der Waals surface area contributed by atoms with Gasteiger partial charge < -0.3 is 10.1 Å². The molecule has 1 N–H and O–H groups in total. The third-order valence-electron chi connectivity index (χ3n) is 2.15. The van der Waals surface area contributed by atoms with Gasteiger partial charge in [0, 0.05) is 13.2 Å². The van der Waals surface area contributed by atoms with E-state index in [1.165, 1.54) is 0 Å². The van der Waals surface area contributed by atoms with Crippen molar-refractivity contribution in [1.29, 1.82) is 0 Å². The Labute approximate surface area is 110 Å². The van der Waals surface area contributed by atoms with Crippen molar-refractivity contribution in [2.75, 3.05) is 18.5 Å². The van der Waals surface area contributed by atoms with Crippen LogP contribution in [0.15, 0.2) is 6.20 Å². The van der Waals surface area contributed by atoms with E-state index in [4.69, 9.17) is 16.3 Å². The molecule has 0 aliphatic rings. The predicted molar refractivity (Wildman–Crippen MR) is 67.9 cm³/mol. The van der Waals surface area contributed by atoms with Gasteiger partial charge in [-0.15, -0.1) is 0 Å². The van der Waals surface area contributed by atoms with Crippen LogP contribution in [-0.2, 0) is 4.74 Å². The Hall–Kier alpha value is -1.47. The molecular formula is C10H15ClN4O3. The van der Waals surface area contributed by atoms with Gasteiger partial charge in [-0.3, -0.25) is 10.1 Å². The molecule has 0 bridgehead atoms. The second-order valence-electron chi connectivity index (χ2n) is 4.18. The van der Waals surface area contributed by atoms with Gasteiger partial charge in [-0.05, 0) is 32.4 Å². The van der Waals surface area contributed by atoms with E-state index in [0.29, 0.717) is 13.2 Å². The molecule has 1 aromatic rings. The molecule has 0 saturated carbocycles. The number of ether oxygens (including phenoxy) is 1. The molecule has 0 atom stereocenters. The van der Waals surface area contributed by atoms with Crippen molar-refractivity contribution in [2.45, 2.75) is 26.4 Å². The van der Waals surface area contributed by atoms with Gasteiger partial charge >= 0.3 is 5.69 Å². The van der Waals surface area contributed by atoms with Crippen LogP contribution in [0.5, 0.6) is 0 Å². The van der Waals surface area contributed by atoms with Crippen molar-refractivity contribution in [3.63, 3.8) is 0 Å². The molecule has 1 rings (SSSR count). The van der Waals surface area contributed by atoms with Gasteiger partial charge in [0.05, 0.1) is 10.5 Å². The summed E-state index contributed by atoms with van der Waals surface area (Å²) in [6.45, 7) is 6.55. The zero-order valence-corrected chi connectivity index (χ0v) is 11.2. The average Bonchev–Trinajstić information content (AvgIpc) is 2.26. The fourth-order valence-corrected chi connectivity index (χ4v) is 1.49. The molecule has 0 aliphatic heterocycles. The first-order chi connectivity index (χ1) is 8.35. The second kappa shape index (κ2) is 5.92. The Morgan fingerprint density at radius 2 is 2.28 bits per heavy atom. The van der Waals surface area contributed by atoms with E-state index >= 15 is 0 Å². The molecule has 1 heterocycles. The van der Waals surface area contributed by atoms with Crippen molar-refractivity contribution in [3.05, 3.63) is 21.6 Å². The number of rotatable bonds is 6. The molecular weight excluding hydrogens is 260 g/mol. The van der Waals surface area contributed by atoms with Crippen LogP contribution in [0.1, 0.15) is 20.8 Å². The lowest BCUT2D eigenvalue weighted by Gasteiger charge is -2.24. The van der Waals surface area contributed by atoms with Crippen LogP contribution in [0.3, 0.4) is 0 Å². The lowest BCUT2D eigenvalue weighted by Crippen LogP contribution is -2.33. The number of nitrogens with one attached hydrogen (secondary N) is 1. The molecule has 0 radical (unpaired) electrons. The highest BCUT2D eigenvalue weighted by molar-refractivity contribution is 6.28. The van der Waals surface area contributed by atoms with Crippen LogP contribution >= 0.6 is 11.6 Å². The summed E-state index contributed by atoms with van der Waals surface area (Å²) in [5.74, 6) is 0.0905. The van der Waals surface area contributed by atoms with Gasteiger partial charge in [0.1, 0.15) is 6.20 Å². The quantitative estimate of drug-likeness (QED) is 0.486. The molecule has 0 amide bonds. The van der Waals surface area contributed by atoms with Crippen LogP contribution in [0.25, 0.3) is 0 Å². The minimum absolute atomic E-state index is 0.0442. The van der Waals surface area contributed by atoms with Crippen molar-refractivity contribution < 1.29 is 9.66 Å². The number of hydrogen-bond acceptors (Lipinski definition) is 6. The summed E-state index contributed by atoms with van der Waals surface area (Å²) >= 11 is 5.62. The molecule has 8 heteroatoms. The Morgan fingerprint density at radius 1 is 1.61 bits per heavy atom. The van der Waals surface area contributed by atoms with Gasteiger partial charge in [-0.25, -0.2) is 4.98 Å². The molecule has 0 aliphatic carbocycles. The maximum atomic E-state index is 10.8. The Kier molecular flexibility index (Phi) is 4.80. The average molecular weight is 275 g/mol. The molecule has 0 unspecified atom stereocenters. The summed E-state index contributed by atoms with van der Waals surface area (Å²) in [4.78, 5) is 17.6. The fraction of sp³-hybridized carbons (Fsp3) is 0.600. The van der Waals surface area contributed by atoms with E-state index in [1.54, 1.807) is 0 Å². The fourth-order valence-electron chi connectivity index (χ4n) is 1.36. The van der Waals surface area contributed by atoms with E-state index < -0.39 is 10.5 Å². The maximum absolute atomic E-state index is 10.8. The van der Waals surface area contributed by atoms with Gasteiger partial charge in [0.2, 0.25) is 11.1 Å². The molecule has 0 saturated heterocycles. The summed E-state index contributed by atoms with van der Waals surface area (Å²) in [5, 5.41) is 13.6. The van der Waals surface area contributed by atoms with Crippen LogP contribution in [0.2, 0.25) is 5.28 Å². The Balaban J connectivity index is 2.83. The second-order valence-corrected chi connectivity index (χ2v) is 4.51. The van der Waals surface area contributed by atoms with E-state index in [2.05, 4.69) is 15.3 Å². The minimum atomic E-state index is -0.563. The highest BCUT2D eigenvalue weighted by atomic mass is 35.5. The van der Waals surface area contributed by atoms with Crippen LogP contribution in [0, 0.1) is 10.1 Å². The molecule has 0 aromatic carbocycles. The van der Waals surface area contributed by atoms with Gasteiger partial charge in [-0.2, -0.15) is 4.98 Å². The molecule has 0 spiro atoms. The van der Waals surface area contributed by atoms with Crippen LogP contribution < -0.4 is 5.32 Å². The van der Waals surface area contributed by atoms with E-state index in [9.17, 15) is 10.1 Å². The number of nitrogens with zero attached hydrogens (tertiary/aromatic N) is 3. The van der Waals surface area contributed by atoms with Gasteiger partial charge in [0.25, 0.3) is 0 Å². The molecule has 1 aromatic heterocycles. The van der Waals surface area contributed by atoms with Crippen molar-refractivity contribution in [1.82, 2.24) is 9.97 Å². The molecule has 100 valence electrons. The lowest BCUT2D eigenvalue weighted by molar-refractivity contribution is -0.384. The number of halogens is 1. The highest BCUT2D eigenvalue weighted by Crippen LogP contribution is 2.23. The standard InChI is InChI=1S/C10H15ClN4O3/c1-4-18-10(2,3)6-13-8-7(15(16)17)5-12-9(11)14-8/h5H,4,6H2,1-3H3,(H,12,13,14). The predicted octanol–water partition coefficient (Wildman–Crippen LogP) is 2.27. The third-order valence-corrected chi connectivity index (χ3v) is 2.34. The highest BCUT2D eigenvalue weighted by Gasteiger charge is 2.22. The Morgan fingerprint density at radius 3 is 2.83 bits per heavy atom. The normalized spacial score (nSPS) is 11.3. The zero-order chi connectivity index (χ0) is 13.8. The maximum Gasteiger partial charge on any atom is 0.329 e. The van der Waals surface area contributed by atoms with Gasteiger partial charge in [-0.1, -0.05) is 0 Å². The summed E-state index contributed by atoms with van der Waals surface area (Å²) in [6, 6.07) is 0. The van der Waals surface area contributed by atoms with E-state index in [-0.39, 0.29) is 16.8 Å². The van der Waals surface area contributed by atoms with Gasteiger partial charge in [0.15, 0.2) is 0 Å². The number of hydrogen-bond donors (Lipinski definition) is 1. The van der Waals surface area contributed by atoms with Crippen molar-refractivity contribution in [3.8, 4) is 0 Å². The summed E-state index contributed by atoms with van der Waals surface area (Å²) < 4.78 is 5.47. The SMILES string of the molecule is CCOC(C)(C)CNc1nc(Cl)ncc1[N+](=O)[O-]. The first-order valence-corrected chi connectivity index (χ1v) is 5.78. The van der Waals surface area contributed by atoms with Crippen molar-refractivity contribution >= 4 is 23.1 Å².